The summed E-state index contributed by atoms with van der Waals surface area (Å²) in [5.74, 6) is -1.20. The van der Waals surface area contributed by atoms with Crippen LogP contribution < -0.4 is 9.47 Å². The average molecular weight is 419 g/mol. The first-order chi connectivity index (χ1) is 13.1. The Morgan fingerprint density at radius 2 is 1.96 bits per heavy atom. The molecule has 0 N–H and O–H groups in total. The molecule has 1 aliphatic rings. The Bertz CT molecular complexity index is 976. The lowest BCUT2D eigenvalue weighted by molar-refractivity contribution is -0.137. The zero-order valence-electron chi connectivity index (χ0n) is 14.8. The number of nitrogens with zero attached hydrogens (tertiary/aromatic N) is 1. The van der Waals surface area contributed by atoms with Crippen molar-refractivity contribution in [1.82, 2.24) is 4.98 Å². The van der Waals surface area contributed by atoms with E-state index in [4.69, 9.17) is 9.47 Å². The summed E-state index contributed by atoms with van der Waals surface area (Å²) in [6, 6.07) is 4.09. The van der Waals surface area contributed by atoms with E-state index >= 15 is 0 Å². The van der Waals surface area contributed by atoms with Gasteiger partial charge in [0, 0.05) is 17.5 Å². The molecule has 3 rings (SSSR count). The maximum absolute atomic E-state index is 14.2. The molecular formula is C18H17F4NO4S. The van der Waals surface area contributed by atoms with Gasteiger partial charge >= 0.3 is 6.18 Å². The van der Waals surface area contributed by atoms with Gasteiger partial charge in [0.15, 0.2) is 9.84 Å². The zero-order valence-corrected chi connectivity index (χ0v) is 15.6. The molecule has 28 heavy (non-hydrogen) atoms. The molecule has 152 valence electrons. The van der Waals surface area contributed by atoms with Gasteiger partial charge in [-0.25, -0.2) is 17.8 Å². The van der Waals surface area contributed by atoms with E-state index in [-0.39, 0.29) is 46.8 Å². The second kappa shape index (κ2) is 7.57. The number of rotatable bonds is 5. The van der Waals surface area contributed by atoms with Crippen LogP contribution in [0.15, 0.2) is 30.5 Å². The molecule has 1 atom stereocenters. The molecule has 1 unspecified atom stereocenters. The largest absolute Gasteiger partial charge is 0.493 e. The number of pyridine rings is 1. The van der Waals surface area contributed by atoms with Crippen LogP contribution in [0, 0.1) is 11.7 Å². The lowest BCUT2D eigenvalue weighted by atomic mass is 10.0. The lowest BCUT2D eigenvalue weighted by Gasteiger charge is -2.15. The molecule has 2 aromatic rings. The Morgan fingerprint density at radius 1 is 1.21 bits per heavy atom. The molecule has 0 spiro atoms. The molecule has 1 aromatic carbocycles. The minimum absolute atomic E-state index is 0.0386. The second-order valence-corrected chi connectivity index (χ2v) is 8.76. The van der Waals surface area contributed by atoms with Gasteiger partial charge in [-0.05, 0) is 30.2 Å². The second-order valence-electron chi connectivity index (χ2n) is 6.53. The third-order valence-corrected chi connectivity index (χ3v) is 6.23. The highest BCUT2D eigenvalue weighted by Gasteiger charge is 2.32. The molecule has 1 aromatic heterocycles. The quantitative estimate of drug-likeness (QED) is 0.691. The molecular weight excluding hydrogens is 402 g/mol. The molecule has 0 saturated carbocycles. The summed E-state index contributed by atoms with van der Waals surface area (Å²) in [4.78, 5) is 3.67. The van der Waals surface area contributed by atoms with E-state index in [1.165, 1.54) is 19.2 Å². The molecule has 10 heteroatoms. The van der Waals surface area contributed by atoms with Crippen LogP contribution in [0.25, 0.3) is 11.1 Å². The van der Waals surface area contributed by atoms with Crippen molar-refractivity contribution < 1.29 is 35.5 Å². The Morgan fingerprint density at radius 3 is 2.57 bits per heavy atom. The Labute approximate surface area is 159 Å². The van der Waals surface area contributed by atoms with Crippen LogP contribution in [0.3, 0.4) is 0 Å². The molecule has 1 saturated heterocycles. The number of ether oxygens (including phenoxy) is 2. The van der Waals surface area contributed by atoms with Crippen molar-refractivity contribution in [3.63, 3.8) is 0 Å². The van der Waals surface area contributed by atoms with Crippen molar-refractivity contribution in [1.29, 1.82) is 0 Å². The van der Waals surface area contributed by atoms with Crippen LogP contribution in [0.4, 0.5) is 17.6 Å². The molecule has 0 amide bonds. The van der Waals surface area contributed by atoms with E-state index in [0.717, 1.165) is 18.3 Å². The van der Waals surface area contributed by atoms with Crippen molar-refractivity contribution >= 4 is 9.84 Å². The van der Waals surface area contributed by atoms with Gasteiger partial charge in [-0.2, -0.15) is 13.2 Å². The third-order valence-electron chi connectivity index (χ3n) is 4.40. The topological polar surface area (TPSA) is 65.5 Å². The van der Waals surface area contributed by atoms with Crippen molar-refractivity contribution in [3.8, 4) is 22.8 Å². The standard InChI is InChI=1S/C18H17F4NO4S/c1-26-17-7-15(16(19)8-23-17)12-4-13(18(20,21)22)6-14(5-12)27-9-11-2-3-28(24,25)10-11/h4-8,11H,2-3,9-10H2,1H3. The first kappa shape index (κ1) is 20.4. The van der Waals surface area contributed by atoms with Crippen LogP contribution in [0.1, 0.15) is 12.0 Å². The summed E-state index contributed by atoms with van der Waals surface area (Å²) in [5, 5.41) is 0. The van der Waals surface area contributed by atoms with E-state index in [1.807, 2.05) is 0 Å². The van der Waals surface area contributed by atoms with Gasteiger partial charge in [-0.15, -0.1) is 0 Å². The van der Waals surface area contributed by atoms with Crippen LogP contribution in [0.5, 0.6) is 11.6 Å². The number of alkyl halides is 3. The van der Waals surface area contributed by atoms with Gasteiger partial charge in [0.05, 0.1) is 37.0 Å². The van der Waals surface area contributed by atoms with Gasteiger partial charge in [0.1, 0.15) is 11.6 Å². The summed E-state index contributed by atoms with van der Waals surface area (Å²) in [6.07, 6.45) is -3.42. The minimum Gasteiger partial charge on any atom is -0.493 e. The maximum Gasteiger partial charge on any atom is 0.416 e. The molecule has 0 bridgehead atoms. The first-order valence-electron chi connectivity index (χ1n) is 8.33. The van der Waals surface area contributed by atoms with Gasteiger partial charge in [0.2, 0.25) is 5.88 Å². The normalized spacial score (nSPS) is 18.8. The number of aromatic nitrogens is 1. The Balaban J connectivity index is 1.94. The summed E-state index contributed by atoms with van der Waals surface area (Å²) in [7, 11) is -1.82. The van der Waals surface area contributed by atoms with E-state index in [1.54, 1.807) is 0 Å². The Kier molecular flexibility index (Phi) is 5.51. The number of halogens is 4. The number of hydrogen-bond donors (Lipinski definition) is 0. The first-order valence-corrected chi connectivity index (χ1v) is 10.1. The van der Waals surface area contributed by atoms with Crippen LogP contribution in [0.2, 0.25) is 0 Å². The maximum atomic E-state index is 14.2. The molecule has 1 fully saturated rings. The highest BCUT2D eigenvalue weighted by molar-refractivity contribution is 7.91. The minimum atomic E-state index is -4.67. The van der Waals surface area contributed by atoms with Crippen molar-refractivity contribution in [2.45, 2.75) is 12.6 Å². The number of hydrogen-bond acceptors (Lipinski definition) is 5. The predicted molar refractivity (Wildman–Crippen MR) is 93.4 cm³/mol. The van der Waals surface area contributed by atoms with Gasteiger partial charge in [0.25, 0.3) is 0 Å². The predicted octanol–water partition coefficient (Wildman–Crippen LogP) is 3.73. The lowest BCUT2D eigenvalue weighted by Crippen LogP contribution is -2.14. The number of methoxy groups -OCH3 is 1. The fraction of sp³-hybridized carbons (Fsp3) is 0.389. The van der Waals surface area contributed by atoms with Crippen LogP contribution in [-0.4, -0.2) is 38.6 Å². The Hall–Kier alpha value is -2.36. The fourth-order valence-corrected chi connectivity index (χ4v) is 4.81. The highest BCUT2D eigenvalue weighted by atomic mass is 32.2. The molecule has 1 aliphatic heterocycles. The van der Waals surface area contributed by atoms with E-state index in [2.05, 4.69) is 4.98 Å². The molecule has 5 nitrogen and oxygen atoms in total. The number of benzene rings is 1. The van der Waals surface area contributed by atoms with Crippen molar-refractivity contribution in [3.05, 3.63) is 41.8 Å². The third kappa shape index (κ3) is 4.73. The zero-order chi connectivity index (χ0) is 20.5. The summed E-state index contributed by atoms with van der Waals surface area (Å²) >= 11 is 0. The summed E-state index contributed by atoms with van der Waals surface area (Å²) in [6.45, 7) is -0.0396. The monoisotopic (exact) mass is 419 g/mol. The SMILES string of the molecule is COc1cc(-c2cc(OCC3CCS(=O)(=O)C3)cc(C(F)(F)F)c2)c(F)cn1. The van der Waals surface area contributed by atoms with Crippen molar-refractivity contribution in [2.75, 3.05) is 25.2 Å². The summed E-state index contributed by atoms with van der Waals surface area (Å²) in [5.41, 5.74) is -1.18. The van der Waals surface area contributed by atoms with Gasteiger partial charge in [-0.3, -0.25) is 0 Å². The van der Waals surface area contributed by atoms with Crippen LogP contribution >= 0.6 is 0 Å². The molecule has 0 aliphatic carbocycles. The van der Waals surface area contributed by atoms with Crippen LogP contribution in [-0.2, 0) is 16.0 Å². The highest BCUT2D eigenvalue weighted by Crippen LogP contribution is 2.37. The molecule has 2 heterocycles. The van der Waals surface area contributed by atoms with E-state index in [9.17, 15) is 26.0 Å². The summed E-state index contributed by atoms with van der Waals surface area (Å²) < 4.78 is 87.4. The van der Waals surface area contributed by atoms with E-state index < -0.39 is 27.4 Å². The average Bonchev–Trinajstić information content (AvgIpc) is 2.98. The van der Waals surface area contributed by atoms with E-state index in [0.29, 0.717) is 6.42 Å². The van der Waals surface area contributed by atoms with Gasteiger partial charge < -0.3 is 9.47 Å². The molecule has 0 radical (unpaired) electrons. The van der Waals surface area contributed by atoms with Crippen molar-refractivity contribution in [2.24, 2.45) is 5.92 Å². The fourth-order valence-electron chi connectivity index (χ4n) is 2.97. The smallest absolute Gasteiger partial charge is 0.416 e. The number of sulfone groups is 1. The van der Waals surface area contributed by atoms with Gasteiger partial charge in [-0.1, -0.05) is 0 Å².